The topological polar surface area (TPSA) is 102 Å². The number of amides is 1. The molecule has 2 aromatic carbocycles. The summed E-state index contributed by atoms with van der Waals surface area (Å²) in [5.41, 5.74) is 2.15. The van der Waals surface area contributed by atoms with E-state index in [4.69, 9.17) is 5.11 Å². The molecule has 1 saturated heterocycles. The molecule has 0 saturated carbocycles. The standard InChI is InChI=1S/C19H17F2N3O4S/c20-12-3-6-14-15(8-22-17(14)7-12)11-1-4-13(5-2-11)29(27,28)24-9-16(21)18(10-24)23-19(25)26/h1-8,16,18,22-23H,9-10H2,(H,25,26)/t16-,18+/m0/s1. The number of H-pyrrole nitrogens is 1. The molecular formula is C19H17F2N3O4S. The fourth-order valence-electron chi connectivity index (χ4n) is 3.51. The summed E-state index contributed by atoms with van der Waals surface area (Å²) in [7, 11) is -3.97. The molecule has 1 aliphatic rings. The van der Waals surface area contributed by atoms with Crippen molar-refractivity contribution in [3.63, 3.8) is 0 Å². The summed E-state index contributed by atoms with van der Waals surface area (Å²) in [6.07, 6.45) is -1.31. The van der Waals surface area contributed by atoms with Crippen LogP contribution in [0.1, 0.15) is 0 Å². The highest BCUT2D eigenvalue weighted by molar-refractivity contribution is 7.89. The number of benzene rings is 2. The number of hydrogen-bond acceptors (Lipinski definition) is 3. The fraction of sp³-hybridized carbons (Fsp3) is 0.211. The van der Waals surface area contributed by atoms with E-state index in [0.29, 0.717) is 5.52 Å². The Hall–Kier alpha value is -2.98. The van der Waals surface area contributed by atoms with Crippen LogP contribution in [-0.2, 0) is 10.0 Å². The summed E-state index contributed by atoms with van der Waals surface area (Å²) in [5.74, 6) is -0.361. The lowest BCUT2D eigenvalue weighted by Crippen LogP contribution is -2.40. The molecule has 1 fully saturated rings. The molecule has 152 valence electrons. The Bertz CT molecular complexity index is 1180. The first kappa shape index (κ1) is 19.3. The Balaban J connectivity index is 1.59. The van der Waals surface area contributed by atoms with E-state index in [-0.39, 0.29) is 17.3 Å². The highest BCUT2D eigenvalue weighted by Crippen LogP contribution is 2.31. The van der Waals surface area contributed by atoms with Gasteiger partial charge in [-0.15, -0.1) is 0 Å². The van der Waals surface area contributed by atoms with E-state index in [1.165, 1.54) is 24.3 Å². The monoisotopic (exact) mass is 421 g/mol. The minimum Gasteiger partial charge on any atom is -0.465 e. The van der Waals surface area contributed by atoms with Crippen LogP contribution in [0, 0.1) is 5.82 Å². The molecule has 0 unspecified atom stereocenters. The molecule has 7 nitrogen and oxygen atoms in total. The van der Waals surface area contributed by atoms with Crippen molar-refractivity contribution in [1.29, 1.82) is 0 Å². The second-order valence-corrected chi connectivity index (χ2v) is 8.75. The average Bonchev–Trinajstić information content (AvgIpc) is 3.25. The molecule has 1 amide bonds. The number of halogens is 2. The first-order valence-corrected chi connectivity index (χ1v) is 10.2. The molecule has 0 radical (unpaired) electrons. The van der Waals surface area contributed by atoms with Gasteiger partial charge in [0, 0.05) is 35.8 Å². The van der Waals surface area contributed by atoms with E-state index < -0.39 is 34.9 Å². The van der Waals surface area contributed by atoms with Gasteiger partial charge in [0.05, 0.1) is 10.9 Å². The van der Waals surface area contributed by atoms with Crippen LogP contribution in [0.2, 0.25) is 0 Å². The van der Waals surface area contributed by atoms with Crippen molar-refractivity contribution in [2.45, 2.75) is 17.1 Å². The number of fused-ring (bicyclic) bond motifs is 1. The minimum atomic E-state index is -3.97. The molecule has 29 heavy (non-hydrogen) atoms. The van der Waals surface area contributed by atoms with Crippen LogP contribution >= 0.6 is 0 Å². The normalized spacial score (nSPS) is 20.2. The van der Waals surface area contributed by atoms with Crippen molar-refractivity contribution >= 4 is 27.0 Å². The van der Waals surface area contributed by atoms with E-state index >= 15 is 0 Å². The Morgan fingerprint density at radius 1 is 1.17 bits per heavy atom. The molecule has 3 N–H and O–H groups in total. The Labute approximate surface area is 165 Å². The SMILES string of the molecule is O=C(O)N[C@@H]1CN(S(=O)(=O)c2ccc(-c3c[nH]c4cc(F)ccc34)cc2)C[C@@H]1F. The van der Waals surface area contributed by atoms with Gasteiger partial charge in [-0.2, -0.15) is 4.31 Å². The molecular weight excluding hydrogens is 404 g/mol. The van der Waals surface area contributed by atoms with Crippen LogP contribution in [0.5, 0.6) is 0 Å². The van der Waals surface area contributed by atoms with E-state index in [1.807, 2.05) is 5.32 Å². The van der Waals surface area contributed by atoms with Crippen LogP contribution in [0.15, 0.2) is 53.6 Å². The van der Waals surface area contributed by atoms with Gasteiger partial charge in [-0.05, 0) is 35.9 Å². The maximum Gasteiger partial charge on any atom is 0.405 e. The lowest BCUT2D eigenvalue weighted by atomic mass is 10.1. The summed E-state index contributed by atoms with van der Waals surface area (Å²) < 4.78 is 53.9. The van der Waals surface area contributed by atoms with Gasteiger partial charge in [0.15, 0.2) is 0 Å². The van der Waals surface area contributed by atoms with Crippen molar-refractivity contribution in [3.8, 4) is 11.1 Å². The highest BCUT2D eigenvalue weighted by atomic mass is 32.2. The third kappa shape index (κ3) is 3.56. The molecule has 0 aliphatic carbocycles. The van der Waals surface area contributed by atoms with Gasteiger partial charge in [-0.1, -0.05) is 12.1 Å². The molecule has 0 bridgehead atoms. The number of aromatic amines is 1. The van der Waals surface area contributed by atoms with E-state index in [1.54, 1.807) is 24.4 Å². The molecule has 10 heteroatoms. The molecule has 2 heterocycles. The van der Waals surface area contributed by atoms with Gasteiger partial charge in [0.2, 0.25) is 10.0 Å². The van der Waals surface area contributed by atoms with E-state index in [2.05, 4.69) is 4.98 Å². The zero-order valence-corrected chi connectivity index (χ0v) is 15.8. The van der Waals surface area contributed by atoms with Crippen molar-refractivity contribution in [2.24, 2.45) is 0 Å². The summed E-state index contributed by atoms with van der Waals surface area (Å²) in [4.78, 5) is 13.7. The van der Waals surface area contributed by atoms with Gasteiger partial charge in [0.1, 0.15) is 12.0 Å². The van der Waals surface area contributed by atoms with E-state index in [9.17, 15) is 22.0 Å². The van der Waals surface area contributed by atoms with Crippen molar-refractivity contribution in [3.05, 3.63) is 54.5 Å². The quantitative estimate of drug-likeness (QED) is 0.603. The van der Waals surface area contributed by atoms with Crippen LogP contribution in [-0.4, -0.2) is 54.2 Å². The largest absolute Gasteiger partial charge is 0.465 e. The molecule has 2 atom stereocenters. The molecule has 0 spiro atoms. The van der Waals surface area contributed by atoms with Gasteiger partial charge < -0.3 is 15.4 Å². The Morgan fingerprint density at radius 3 is 2.59 bits per heavy atom. The number of sulfonamides is 1. The second kappa shape index (κ2) is 7.12. The number of carboxylic acid groups (broad SMARTS) is 1. The first-order valence-electron chi connectivity index (χ1n) is 8.76. The summed E-state index contributed by atoms with van der Waals surface area (Å²) in [6, 6.07) is 9.33. The summed E-state index contributed by atoms with van der Waals surface area (Å²) in [6.45, 7) is -0.686. The predicted molar refractivity (Wildman–Crippen MR) is 102 cm³/mol. The number of nitrogens with one attached hydrogen (secondary N) is 2. The van der Waals surface area contributed by atoms with Gasteiger partial charge in [-0.3, -0.25) is 0 Å². The Morgan fingerprint density at radius 2 is 1.90 bits per heavy atom. The highest BCUT2D eigenvalue weighted by Gasteiger charge is 2.40. The molecule has 1 aliphatic heterocycles. The number of hydrogen-bond donors (Lipinski definition) is 3. The van der Waals surface area contributed by atoms with Crippen molar-refractivity contribution in [2.75, 3.05) is 13.1 Å². The maximum absolute atomic E-state index is 14.0. The number of alkyl halides is 1. The van der Waals surface area contributed by atoms with Crippen LogP contribution in [0.25, 0.3) is 22.0 Å². The number of nitrogens with zero attached hydrogens (tertiary/aromatic N) is 1. The zero-order valence-electron chi connectivity index (χ0n) is 15.0. The first-order chi connectivity index (χ1) is 13.8. The minimum absolute atomic E-state index is 0.0182. The summed E-state index contributed by atoms with van der Waals surface area (Å²) in [5, 5.41) is 11.5. The van der Waals surface area contributed by atoms with Gasteiger partial charge in [0.25, 0.3) is 0 Å². The van der Waals surface area contributed by atoms with Crippen LogP contribution in [0.4, 0.5) is 13.6 Å². The molecule has 1 aromatic heterocycles. The Kier molecular flexibility index (Phi) is 4.75. The number of aromatic nitrogens is 1. The molecule has 4 rings (SSSR count). The van der Waals surface area contributed by atoms with Crippen molar-refractivity contribution < 1.29 is 27.1 Å². The van der Waals surface area contributed by atoms with Crippen molar-refractivity contribution in [1.82, 2.24) is 14.6 Å². The number of carbonyl (C=O) groups is 1. The van der Waals surface area contributed by atoms with Crippen LogP contribution in [0.3, 0.4) is 0 Å². The lowest BCUT2D eigenvalue weighted by Gasteiger charge is -2.16. The zero-order chi connectivity index (χ0) is 20.8. The van der Waals surface area contributed by atoms with E-state index in [0.717, 1.165) is 20.8 Å². The summed E-state index contributed by atoms with van der Waals surface area (Å²) >= 11 is 0. The second-order valence-electron chi connectivity index (χ2n) is 6.81. The lowest BCUT2D eigenvalue weighted by molar-refractivity contribution is 0.183. The third-order valence-electron chi connectivity index (χ3n) is 4.97. The fourth-order valence-corrected chi connectivity index (χ4v) is 4.99. The van der Waals surface area contributed by atoms with Gasteiger partial charge in [-0.25, -0.2) is 22.0 Å². The van der Waals surface area contributed by atoms with Crippen LogP contribution < -0.4 is 5.32 Å². The predicted octanol–water partition coefficient (Wildman–Crippen LogP) is 2.95. The molecule has 3 aromatic rings. The smallest absolute Gasteiger partial charge is 0.405 e. The maximum atomic E-state index is 14.0. The third-order valence-corrected chi connectivity index (χ3v) is 6.82. The average molecular weight is 421 g/mol. The number of rotatable bonds is 4. The van der Waals surface area contributed by atoms with Gasteiger partial charge >= 0.3 is 6.09 Å².